The molecule has 0 N–H and O–H groups in total. The molecule has 5 heterocycles. The minimum Gasteiger partial charge on any atom is -0.496 e. The predicted octanol–water partition coefficient (Wildman–Crippen LogP) is 16.3. The van der Waals surface area contributed by atoms with Crippen LogP contribution < -0.4 is 9.47 Å². The van der Waals surface area contributed by atoms with E-state index in [0.717, 1.165) is 103 Å². The molecule has 80 heavy (non-hydrogen) atoms. The van der Waals surface area contributed by atoms with E-state index in [4.69, 9.17) is 52.1 Å². The van der Waals surface area contributed by atoms with E-state index in [1.807, 2.05) is 52.5 Å². The molecule has 0 bridgehead atoms. The molecule has 2 aliphatic heterocycles. The minimum absolute atomic E-state index is 0.0460. The van der Waals surface area contributed by atoms with Gasteiger partial charge in [-0.05, 0) is 105 Å². The normalized spacial score (nSPS) is 14.9. The van der Waals surface area contributed by atoms with Crippen LogP contribution in [0.3, 0.4) is 0 Å². The standard InChI is InChI=1S/C33H45ClN4O4S.C28H41ClN2O3S.C2H6/c1-20-16-23(10-11-27(40)41-8)36-38(20)19-26(39)37-14-12-21(13-15-37)31-35-28(30(34)43-31)22-17-24(32(2,3)4)29(42-9)25(18-22)33(5,6)7;1-26(2,3)19-15-18(16-20(22(19)33-10)27(4,5)6)21-23(29)35-24(30-21)17-11-13-31(14-12-17)25(32)34-28(7,8)9;1-2/h16-18,21H,10-15,19H2,1-9H3;15-17H,11-14H2,1-10H3;1-2H3. The lowest BCUT2D eigenvalue weighted by Gasteiger charge is -2.32. The van der Waals surface area contributed by atoms with Crippen molar-refractivity contribution in [3.8, 4) is 34.0 Å². The van der Waals surface area contributed by atoms with Gasteiger partial charge in [-0.1, -0.05) is 120 Å². The van der Waals surface area contributed by atoms with Crippen LogP contribution in [0.2, 0.25) is 8.67 Å². The molecule has 0 atom stereocenters. The lowest BCUT2D eigenvalue weighted by Crippen LogP contribution is -2.41. The molecular weight excluding hydrogens is 1090 g/mol. The van der Waals surface area contributed by atoms with Crippen LogP contribution in [0.5, 0.6) is 11.5 Å². The van der Waals surface area contributed by atoms with Gasteiger partial charge in [0.15, 0.2) is 0 Å². The second-order valence-corrected chi connectivity index (χ2v) is 29.2. The highest BCUT2D eigenvalue weighted by Crippen LogP contribution is 2.48. The summed E-state index contributed by atoms with van der Waals surface area (Å²) in [6.45, 7) is 40.8. The summed E-state index contributed by atoms with van der Waals surface area (Å²) in [7, 11) is 4.87. The van der Waals surface area contributed by atoms with Crippen LogP contribution in [-0.4, -0.2) is 101 Å². The number of esters is 1. The highest BCUT2D eigenvalue weighted by atomic mass is 35.5. The van der Waals surface area contributed by atoms with Crippen molar-refractivity contribution in [3.05, 3.63) is 82.7 Å². The average molecular weight is 1180 g/mol. The molecule has 0 spiro atoms. The van der Waals surface area contributed by atoms with Gasteiger partial charge in [0.05, 0.1) is 43.5 Å². The smallest absolute Gasteiger partial charge is 0.410 e. The van der Waals surface area contributed by atoms with Crippen molar-refractivity contribution in [2.75, 3.05) is 47.5 Å². The largest absolute Gasteiger partial charge is 0.496 e. The molecule has 442 valence electrons. The molecule has 2 aromatic carbocycles. The summed E-state index contributed by atoms with van der Waals surface area (Å²) in [5, 5.41) is 6.60. The van der Waals surface area contributed by atoms with Crippen molar-refractivity contribution in [2.24, 2.45) is 0 Å². The third kappa shape index (κ3) is 16.7. The van der Waals surface area contributed by atoms with Crippen LogP contribution in [0.1, 0.15) is 205 Å². The van der Waals surface area contributed by atoms with Gasteiger partial charge in [0.2, 0.25) is 5.91 Å². The lowest BCUT2D eigenvalue weighted by atomic mass is 9.78. The fraction of sp³-hybridized carbons (Fsp3) is 0.619. The second kappa shape index (κ2) is 26.7. The number of hydrogen-bond acceptors (Lipinski definition) is 12. The summed E-state index contributed by atoms with van der Waals surface area (Å²) in [5.74, 6) is 2.18. The summed E-state index contributed by atoms with van der Waals surface area (Å²) in [4.78, 5) is 50.9. The number of halogens is 2. The Morgan fingerprint density at radius 2 is 0.975 bits per heavy atom. The van der Waals surface area contributed by atoms with Crippen molar-refractivity contribution in [1.29, 1.82) is 0 Å². The number of ether oxygens (including phenoxy) is 4. The van der Waals surface area contributed by atoms with Crippen molar-refractivity contribution < 1.29 is 33.3 Å². The first-order valence-electron chi connectivity index (χ1n) is 28.3. The van der Waals surface area contributed by atoms with Crippen LogP contribution in [0.25, 0.3) is 22.5 Å². The molecule has 3 aromatic heterocycles. The van der Waals surface area contributed by atoms with E-state index < -0.39 is 5.60 Å². The van der Waals surface area contributed by atoms with Gasteiger partial charge in [-0.15, -0.1) is 22.7 Å². The Balaban J connectivity index is 0.000000291. The average Bonchev–Trinajstić information content (AvgIpc) is 4.08. The maximum Gasteiger partial charge on any atom is 0.410 e. The van der Waals surface area contributed by atoms with Crippen molar-refractivity contribution >= 4 is 63.8 Å². The van der Waals surface area contributed by atoms with E-state index in [0.29, 0.717) is 41.3 Å². The first-order valence-corrected chi connectivity index (χ1v) is 30.7. The number of aryl methyl sites for hydroxylation is 2. The summed E-state index contributed by atoms with van der Waals surface area (Å²) < 4.78 is 25.2. The Labute approximate surface area is 496 Å². The molecular formula is C63H92Cl2N6O7S2. The molecule has 2 aliphatic rings. The van der Waals surface area contributed by atoms with E-state index >= 15 is 0 Å². The van der Waals surface area contributed by atoms with E-state index in [9.17, 15) is 14.4 Å². The van der Waals surface area contributed by atoms with E-state index in [2.05, 4.69) is 112 Å². The number of thiazole rings is 2. The highest BCUT2D eigenvalue weighted by Gasteiger charge is 2.34. The minimum atomic E-state index is -0.484. The van der Waals surface area contributed by atoms with Gasteiger partial charge in [-0.25, -0.2) is 14.8 Å². The van der Waals surface area contributed by atoms with Crippen LogP contribution in [0.15, 0.2) is 30.3 Å². The topological polar surface area (TPSA) is 138 Å². The van der Waals surface area contributed by atoms with Crippen LogP contribution >= 0.6 is 45.9 Å². The van der Waals surface area contributed by atoms with Gasteiger partial charge in [0.25, 0.3) is 0 Å². The van der Waals surface area contributed by atoms with E-state index in [-0.39, 0.29) is 64.4 Å². The second-order valence-electron chi connectivity index (χ2n) is 26.0. The van der Waals surface area contributed by atoms with Gasteiger partial charge in [0, 0.05) is 83.5 Å². The van der Waals surface area contributed by atoms with E-state index in [1.54, 1.807) is 46.5 Å². The highest BCUT2D eigenvalue weighted by molar-refractivity contribution is 7.16. The first kappa shape index (κ1) is 66.1. The molecule has 0 saturated carbocycles. The zero-order chi connectivity index (χ0) is 60.0. The number of likely N-dealkylation sites (tertiary alicyclic amines) is 2. The third-order valence-electron chi connectivity index (χ3n) is 14.4. The third-order valence-corrected chi connectivity index (χ3v) is 17.2. The molecule has 2 fully saturated rings. The Morgan fingerprint density at radius 3 is 1.31 bits per heavy atom. The number of piperidine rings is 2. The maximum atomic E-state index is 13.2. The van der Waals surface area contributed by atoms with Gasteiger partial charge in [0.1, 0.15) is 43.7 Å². The number of methoxy groups -OCH3 is 3. The fourth-order valence-electron chi connectivity index (χ4n) is 9.97. The molecule has 0 unspecified atom stereocenters. The number of nitrogens with zero attached hydrogens (tertiary/aromatic N) is 6. The zero-order valence-electron chi connectivity index (χ0n) is 51.9. The van der Waals surface area contributed by atoms with Crippen molar-refractivity contribution in [1.82, 2.24) is 29.5 Å². The van der Waals surface area contributed by atoms with Gasteiger partial charge in [-0.2, -0.15) is 5.10 Å². The van der Waals surface area contributed by atoms with Crippen molar-refractivity contribution in [3.63, 3.8) is 0 Å². The molecule has 7 rings (SSSR count). The van der Waals surface area contributed by atoms with Crippen molar-refractivity contribution in [2.45, 2.75) is 209 Å². The number of hydrogen-bond donors (Lipinski definition) is 0. The molecule has 13 nitrogen and oxygen atoms in total. The molecule has 2 amide bonds. The van der Waals surface area contributed by atoms with Crippen LogP contribution in [-0.2, 0) is 53.7 Å². The Hall–Kier alpha value is -4.70. The Morgan fingerprint density at radius 1 is 0.600 bits per heavy atom. The quantitative estimate of drug-likeness (QED) is 0.117. The molecule has 17 heteroatoms. The maximum absolute atomic E-state index is 13.2. The molecule has 2 saturated heterocycles. The number of amides is 2. The lowest BCUT2D eigenvalue weighted by molar-refractivity contribution is -0.140. The van der Waals surface area contributed by atoms with Crippen LogP contribution in [0, 0.1) is 6.92 Å². The summed E-state index contributed by atoms with van der Waals surface area (Å²) >= 11 is 16.8. The van der Waals surface area contributed by atoms with Gasteiger partial charge >= 0.3 is 12.1 Å². The summed E-state index contributed by atoms with van der Waals surface area (Å²) in [5.41, 5.74) is 9.03. The summed E-state index contributed by atoms with van der Waals surface area (Å²) in [6, 6.07) is 10.6. The van der Waals surface area contributed by atoms with Gasteiger partial charge < -0.3 is 28.7 Å². The number of aromatic nitrogens is 4. The SMILES string of the molecule is CC.COC(=O)CCc1cc(C)n(CC(=O)N2CCC(c3nc(-c4cc(C(C)(C)C)c(OC)c(C(C)(C)C)c4)c(Cl)s3)CC2)n1.COc1c(C(C)(C)C)cc(-c2nc(C3CCN(C(=O)OC(C)(C)C)CC3)sc2Cl)cc1C(C)(C)C. The zero-order valence-corrected chi connectivity index (χ0v) is 55.1. The van der Waals surface area contributed by atoms with Crippen LogP contribution in [0.4, 0.5) is 4.79 Å². The number of carbonyl (C=O) groups is 3. The molecule has 0 radical (unpaired) electrons. The fourth-order valence-corrected chi connectivity index (χ4v) is 12.7. The Kier molecular flexibility index (Phi) is 22.1. The number of rotatable bonds is 11. The summed E-state index contributed by atoms with van der Waals surface area (Å²) in [6.07, 6.45) is 3.89. The van der Waals surface area contributed by atoms with Gasteiger partial charge in [-0.3, -0.25) is 14.3 Å². The monoisotopic (exact) mass is 1180 g/mol. The first-order chi connectivity index (χ1) is 37.1. The number of carbonyl (C=O) groups excluding carboxylic acids is 3. The number of benzene rings is 2. The predicted molar refractivity (Wildman–Crippen MR) is 330 cm³/mol. The van der Waals surface area contributed by atoms with E-state index in [1.165, 1.54) is 7.11 Å². The Bertz CT molecular complexity index is 2860. The molecule has 5 aromatic rings. The molecule has 0 aliphatic carbocycles.